The van der Waals surface area contributed by atoms with Crippen LogP contribution in [0.15, 0.2) is 57.7 Å². The largest absolute Gasteiger partial charge is 0.422 e. The van der Waals surface area contributed by atoms with Gasteiger partial charge in [0.1, 0.15) is 17.0 Å². The Morgan fingerprint density at radius 2 is 1.97 bits per heavy atom. The third kappa shape index (κ3) is 3.74. The molecule has 7 nitrogen and oxygen atoms in total. The summed E-state index contributed by atoms with van der Waals surface area (Å²) in [5, 5.41) is 4.26. The molecule has 148 valence electrons. The minimum Gasteiger partial charge on any atom is -0.422 e. The number of hydrogen-bond donors (Lipinski definition) is 2. The molecule has 1 saturated heterocycles. The molecule has 0 atom stereocenters. The van der Waals surface area contributed by atoms with Gasteiger partial charge in [-0.05, 0) is 30.3 Å². The monoisotopic (exact) mass is 390 g/mol. The highest BCUT2D eigenvalue weighted by molar-refractivity contribution is 5.85. The Kier molecular flexibility index (Phi) is 4.75. The van der Waals surface area contributed by atoms with Crippen molar-refractivity contribution in [2.45, 2.75) is 0 Å². The van der Waals surface area contributed by atoms with Crippen LogP contribution in [-0.4, -0.2) is 54.3 Å². The standard InChI is InChI=1S/C22H22N4O3/c27-22-17(21-24-18-3-1-2-4-19(18)25-21)13-15-5-6-16(14-20(15)29-22)23-7-8-26-9-11-28-12-10-26/h1-6,13-14,23H,7-12H2,(H,24,25). The SMILES string of the molecule is O=c1oc2cc(NCCN3CCOCC3)ccc2cc1-c1nc2ccccc2[nH]1. The number of nitrogens with zero attached hydrogens (tertiary/aromatic N) is 2. The number of benzene rings is 2. The number of hydrogen-bond acceptors (Lipinski definition) is 6. The number of nitrogens with one attached hydrogen (secondary N) is 2. The van der Waals surface area contributed by atoms with E-state index in [2.05, 4.69) is 20.2 Å². The van der Waals surface area contributed by atoms with E-state index in [1.807, 2.05) is 48.5 Å². The molecule has 3 heterocycles. The van der Waals surface area contributed by atoms with Crippen LogP contribution in [0.4, 0.5) is 5.69 Å². The highest BCUT2D eigenvalue weighted by Gasteiger charge is 2.13. The van der Waals surface area contributed by atoms with Crippen molar-refractivity contribution in [3.63, 3.8) is 0 Å². The number of rotatable bonds is 5. The zero-order chi connectivity index (χ0) is 19.6. The first-order valence-corrected chi connectivity index (χ1v) is 9.83. The number of ether oxygens (including phenoxy) is 1. The molecule has 2 N–H and O–H groups in total. The maximum atomic E-state index is 12.6. The first-order valence-electron chi connectivity index (χ1n) is 9.83. The minimum atomic E-state index is -0.401. The van der Waals surface area contributed by atoms with Gasteiger partial charge in [-0.1, -0.05) is 12.1 Å². The van der Waals surface area contributed by atoms with Gasteiger partial charge < -0.3 is 19.5 Å². The van der Waals surface area contributed by atoms with E-state index in [4.69, 9.17) is 9.15 Å². The van der Waals surface area contributed by atoms with Gasteiger partial charge in [-0.25, -0.2) is 9.78 Å². The van der Waals surface area contributed by atoms with E-state index in [1.165, 1.54) is 0 Å². The van der Waals surface area contributed by atoms with E-state index in [9.17, 15) is 4.79 Å². The van der Waals surface area contributed by atoms with Gasteiger partial charge in [-0.15, -0.1) is 0 Å². The lowest BCUT2D eigenvalue weighted by Gasteiger charge is -2.26. The van der Waals surface area contributed by atoms with Gasteiger partial charge in [0.2, 0.25) is 0 Å². The third-order valence-electron chi connectivity index (χ3n) is 5.24. The molecule has 0 unspecified atom stereocenters. The summed E-state index contributed by atoms with van der Waals surface area (Å²) in [6.07, 6.45) is 0. The Morgan fingerprint density at radius 1 is 1.10 bits per heavy atom. The predicted molar refractivity (Wildman–Crippen MR) is 113 cm³/mol. The van der Waals surface area contributed by atoms with Crippen LogP contribution in [0.1, 0.15) is 0 Å². The van der Waals surface area contributed by atoms with E-state index < -0.39 is 5.63 Å². The summed E-state index contributed by atoms with van der Waals surface area (Å²) in [4.78, 5) is 22.7. The summed E-state index contributed by atoms with van der Waals surface area (Å²) in [6.45, 7) is 5.32. The summed E-state index contributed by atoms with van der Waals surface area (Å²) in [7, 11) is 0. The summed E-state index contributed by atoms with van der Waals surface area (Å²) >= 11 is 0. The molecule has 0 bridgehead atoms. The van der Waals surface area contributed by atoms with Crippen molar-refractivity contribution in [2.24, 2.45) is 0 Å². The fraction of sp³-hybridized carbons (Fsp3) is 0.273. The third-order valence-corrected chi connectivity index (χ3v) is 5.24. The molecule has 0 spiro atoms. The van der Waals surface area contributed by atoms with Crippen LogP contribution in [0, 0.1) is 0 Å². The smallest absolute Gasteiger partial charge is 0.347 e. The van der Waals surface area contributed by atoms with Crippen LogP contribution in [-0.2, 0) is 4.74 Å². The number of para-hydroxylation sites is 2. The van der Waals surface area contributed by atoms with Crippen LogP contribution in [0.25, 0.3) is 33.4 Å². The number of aromatic amines is 1. The Hall–Kier alpha value is -3.16. The van der Waals surface area contributed by atoms with Gasteiger partial charge in [0, 0.05) is 43.3 Å². The van der Waals surface area contributed by atoms with E-state index in [1.54, 1.807) is 0 Å². The number of aromatic nitrogens is 2. The van der Waals surface area contributed by atoms with E-state index in [0.29, 0.717) is 17.0 Å². The molecule has 4 aromatic rings. The van der Waals surface area contributed by atoms with E-state index in [0.717, 1.165) is 61.5 Å². The Balaban J connectivity index is 1.36. The lowest BCUT2D eigenvalue weighted by Crippen LogP contribution is -2.38. The molecule has 0 amide bonds. The number of morpholine rings is 1. The Morgan fingerprint density at radius 3 is 2.83 bits per heavy atom. The molecule has 2 aromatic heterocycles. The second-order valence-corrected chi connectivity index (χ2v) is 7.18. The highest BCUT2D eigenvalue weighted by Crippen LogP contribution is 2.23. The van der Waals surface area contributed by atoms with E-state index >= 15 is 0 Å². The van der Waals surface area contributed by atoms with Gasteiger partial charge in [-0.3, -0.25) is 4.90 Å². The quantitative estimate of drug-likeness (QED) is 0.510. The van der Waals surface area contributed by atoms with Crippen molar-refractivity contribution in [3.05, 3.63) is 59.0 Å². The van der Waals surface area contributed by atoms with Crippen molar-refractivity contribution >= 4 is 27.7 Å². The second kappa shape index (κ2) is 7.69. The van der Waals surface area contributed by atoms with Crippen LogP contribution in [0.3, 0.4) is 0 Å². The normalized spacial score (nSPS) is 15.2. The van der Waals surface area contributed by atoms with Gasteiger partial charge in [-0.2, -0.15) is 0 Å². The Labute approximate surface area is 167 Å². The van der Waals surface area contributed by atoms with Gasteiger partial charge >= 0.3 is 5.63 Å². The molecule has 1 aliphatic heterocycles. The maximum absolute atomic E-state index is 12.6. The second-order valence-electron chi connectivity index (χ2n) is 7.18. The highest BCUT2D eigenvalue weighted by atomic mass is 16.5. The lowest BCUT2D eigenvalue weighted by atomic mass is 10.1. The first-order chi connectivity index (χ1) is 14.3. The first kappa shape index (κ1) is 17.9. The fourth-order valence-corrected chi connectivity index (χ4v) is 3.65. The van der Waals surface area contributed by atoms with Gasteiger partial charge in [0.25, 0.3) is 0 Å². The van der Waals surface area contributed by atoms with Crippen LogP contribution in [0.5, 0.6) is 0 Å². The number of imidazole rings is 1. The van der Waals surface area contributed by atoms with Crippen LogP contribution in [0.2, 0.25) is 0 Å². The molecule has 1 fully saturated rings. The summed E-state index contributed by atoms with van der Waals surface area (Å²) in [6, 6.07) is 15.4. The fourth-order valence-electron chi connectivity index (χ4n) is 3.65. The molecule has 0 saturated carbocycles. The molecular formula is C22H22N4O3. The van der Waals surface area contributed by atoms with Crippen LogP contribution >= 0.6 is 0 Å². The zero-order valence-electron chi connectivity index (χ0n) is 16.0. The molecule has 1 aliphatic rings. The lowest BCUT2D eigenvalue weighted by molar-refractivity contribution is 0.0398. The molecule has 2 aromatic carbocycles. The van der Waals surface area contributed by atoms with Gasteiger partial charge in [0.15, 0.2) is 0 Å². The van der Waals surface area contributed by atoms with Crippen molar-refractivity contribution in [1.29, 1.82) is 0 Å². The molecule has 0 aliphatic carbocycles. The van der Waals surface area contributed by atoms with Crippen LogP contribution < -0.4 is 10.9 Å². The number of H-pyrrole nitrogens is 1. The summed E-state index contributed by atoms with van der Waals surface area (Å²) in [5.74, 6) is 0.523. The molecular weight excluding hydrogens is 368 g/mol. The molecule has 5 rings (SSSR count). The molecule has 7 heteroatoms. The zero-order valence-corrected chi connectivity index (χ0v) is 16.0. The predicted octanol–water partition coefficient (Wildman–Crippen LogP) is 3.08. The molecule has 0 radical (unpaired) electrons. The topological polar surface area (TPSA) is 83.4 Å². The summed E-state index contributed by atoms with van der Waals surface area (Å²) < 4.78 is 11.0. The maximum Gasteiger partial charge on any atom is 0.347 e. The Bertz CT molecular complexity index is 1170. The average molecular weight is 390 g/mol. The van der Waals surface area contributed by atoms with Crippen molar-refractivity contribution in [3.8, 4) is 11.4 Å². The number of fused-ring (bicyclic) bond motifs is 2. The van der Waals surface area contributed by atoms with Crippen molar-refractivity contribution in [2.75, 3.05) is 44.7 Å². The molecule has 29 heavy (non-hydrogen) atoms. The van der Waals surface area contributed by atoms with Crippen molar-refractivity contribution < 1.29 is 9.15 Å². The number of anilines is 1. The van der Waals surface area contributed by atoms with Crippen molar-refractivity contribution in [1.82, 2.24) is 14.9 Å². The van der Waals surface area contributed by atoms with E-state index in [-0.39, 0.29) is 0 Å². The average Bonchev–Trinajstić information content (AvgIpc) is 3.18. The van der Waals surface area contributed by atoms with Gasteiger partial charge in [0.05, 0.1) is 24.2 Å². The minimum absolute atomic E-state index is 0.401. The summed E-state index contributed by atoms with van der Waals surface area (Å²) in [5.41, 5.74) is 3.24.